The Morgan fingerprint density at radius 2 is 1.57 bits per heavy atom. The van der Waals surface area contributed by atoms with E-state index in [1.54, 1.807) is 30.3 Å². The third-order valence-electron chi connectivity index (χ3n) is 3.51. The molecule has 0 aliphatic heterocycles. The molecule has 0 aliphatic carbocycles. The van der Waals surface area contributed by atoms with Gasteiger partial charge in [0.15, 0.2) is 9.84 Å². The summed E-state index contributed by atoms with van der Waals surface area (Å²) in [5.74, 6) is -0.585. The molecule has 0 aliphatic rings. The quantitative estimate of drug-likeness (QED) is 0.802. The molecule has 23 heavy (non-hydrogen) atoms. The first kappa shape index (κ1) is 17.2. The SMILES string of the molecule is CS(=O)(=O)C(N[C@@H](Cc1ccccc1)C(N)=O)c1ccccc1. The van der Waals surface area contributed by atoms with Crippen LogP contribution in [0.1, 0.15) is 16.5 Å². The first-order chi connectivity index (χ1) is 10.9. The van der Waals surface area contributed by atoms with Gasteiger partial charge in [-0.05, 0) is 17.5 Å². The predicted octanol–water partition coefficient (Wildman–Crippen LogP) is 1.42. The van der Waals surface area contributed by atoms with Crippen molar-refractivity contribution in [2.45, 2.75) is 17.8 Å². The van der Waals surface area contributed by atoms with E-state index >= 15 is 0 Å². The van der Waals surface area contributed by atoms with E-state index in [9.17, 15) is 13.2 Å². The Hall–Kier alpha value is -2.18. The van der Waals surface area contributed by atoms with Gasteiger partial charge in [-0.25, -0.2) is 8.42 Å². The van der Waals surface area contributed by atoms with Crippen molar-refractivity contribution in [3.8, 4) is 0 Å². The molecular weight excluding hydrogens is 312 g/mol. The fraction of sp³-hybridized carbons (Fsp3) is 0.235. The lowest BCUT2D eigenvalue weighted by Crippen LogP contribution is -2.46. The second-order valence-corrected chi connectivity index (χ2v) is 7.56. The van der Waals surface area contributed by atoms with Crippen LogP contribution in [0.15, 0.2) is 60.7 Å². The van der Waals surface area contributed by atoms with E-state index in [0.717, 1.165) is 11.8 Å². The summed E-state index contributed by atoms with van der Waals surface area (Å²) >= 11 is 0. The Morgan fingerprint density at radius 1 is 1.04 bits per heavy atom. The van der Waals surface area contributed by atoms with Gasteiger partial charge in [0.1, 0.15) is 5.37 Å². The van der Waals surface area contributed by atoms with Crippen LogP contribution in [0.25, 0.3) is 0 Å². The van der Waals surface area contributed by atoms with Gasteiger partial charge in [0.05, 0.1) is 6.04 Å². The molecule has 2 aromatic rings. The summed E-state index contributed by atoms with van der Waals surface area (Å²) in [4.78, 5) is 11.8. The van der Waals surface area contributed by atoms with Gasteiger partial charge in [-0.3, -0.25) is 10.1 Å². The van der Waals surface area contributed by atoms with E-state index in [4.69, 9.17) is 5.73 Å². The van der Waals surface area contributed by atoms with E-state index < -0.39 is 27.2 Å². The van der Waals surface area contributed by atoms with Gasteiger partial charge in [-0.1, -0.05) is 60.7 Å². The van der Waals surface area contributed by atoms with Crippen LogP contribution in [0.3, 0.4) is 0 Å². The molecule has 2 aromatic carbocycles. The number of benzene rings is 2. The second-order valence-electron chi connectivity index (χ2n) is 5.43. The standard InChI is InChI=1S/C17H20N2O3S/c1-23(21,22)17(14-10-6-3-7-11-14)19-15(16(18)20)12-13-8-4-2-5-9-13/h2-11,15,17,19H,12H2,1H3,(H2,18,20)/t15-,17?/m0/s1. The lowest BCUT2D eigenvalue weighted by Gasteiger charge is -2.23. The predicted molar refractivity (Wildman–Crippen MR) is 90.3 cm³/mol. The Morgan fingerprint density at radius 3 is 2.04 bits per heavy atom. The van der Waals surface area contributed by atoms with Crippen LogP contribution in [-0.4, -0.2) is 26.6 Å². The molecule has 0 radical (unpaired) electrons. The fourth-order valence-electron chi connectivity index (χ4n) is 2.37. The number of hydrogen-bond donors (Lipinski definition) is 2. The molecule has 0 bridgehead atoms. The number of primary amides is 1. The maximum atomic E-state index is 12.1. The molecule has 2 atom stereocenters. The van der Waals surface area contributed by atoms with E-state index in [1.165, 1.54) is 0 Å². The largest absolute Gasteiger partial charge is 0.368 e. The number of nitrogens with two attached hydrogens (primary N) is 1. The minimum absolute atomic E-state index is 0.328. The average molecular weight is 332 g/mol. The maximum Gasteiger partial charge on any atom is 0.234 e. The Kier molecular flexibility index (Phi) is 5.52. The first-order valence-electron chi connectivity index (χ1n) is 7.21. The number of carbonyl (C=O) groups excluding carboxylic acids is 1. The summed E-state index contributed by atoms with van der Waals surface area (Å²) in [5.41, 5.74) is 6.94. The third kappa shape index (κ3) is 4.91. The highest BCUT2D eigenvalue weighted by molar-refractivity contribution is 7.90. The van der Waals surface area contributed by atoms with Crippen molar-refractivity contribution in [2.24, 2.45) is 5.73 Å². The second kappa shape index (κ2) is 7.39. The van der Waals surface area contributed by atoms with E-state index in [0.29, 0.717) is 12.0 Å². The van der Waals surface area contributed by atoms with E-state index in [2.05, 4.69) is 5.32 Å². The number of amides is 1. The maximum absolute atomic E-state index is 12.1. The summed E-state index contributed by atoms with van der Waals surface area (Å²) < 4.78 is 24.3. The molecule has 122 valence electrons. The van der Waals surface area contributed by atoms with Crippen molar-refractivity contribution >= 4 is 15.7 Å². The van der Waals surface area contributed by atoms with Crippen LogP contribution in [0.5, 0.6) is 0 Å². The lowest BCUT2D eigenvalue weighted by atomic mass is 10.1. The molecule has 0 fully saturated rings. The van der Waals surface area contributed by atoms with Crippen molar-refractivity contribution < 1.29 is 13.2 Å². The molecular formula is C17H20N2O3S. The highest BCUT2D eigenvalue weighted by atomic mass is 32.2. The lowest BCUT2D eigenvalue weighted by molar-refractivity contribution is -0.120. The molecule has 0 saturated carbocycles. The number of carbonyl (C=O) groups is 1. The number of nitrogens with one attached hydrogen (secondary N) is 1. The molecule has 1 amide bonds. The molecule has 0 saturated heterocycles. The van der Waals surface area contributed by atoms with Gasteiger partial charge in [0.2, 0.25) is 5.91 Å². The molecule has 6 heteroatoms. The molecule has 0 spiro atoms. The molecule has 0 aromatic heterocycles. The monoisotopic (exact) mass is 332 g/mol. The van der Waals surface area contributed by atoms with Gasteiger partial charge in [0.25, 0.3) is 0 Å². The zero-order valence-corrected chi connectivity index (χ0v) is 13.7. The zero-order chi connectivity index (χ0) is 16.9. The zero-order valence-electron chi connectivity index (χ0n) is 12.8. The van der Waals surface area contributed by atoms with Crippen LogP contribution in [-0.2, 0) is 21.1 Å². The van der Waals surface area contributed by atoms with Crippen LogP contribution in [0.4, 0.5) is 0 Å². The molecule has 3 N–H and O–H groups in total. The summed E-state index contributed by atoms with van der Waals surface area (Å²) in [6.45, 7) is 0. The van der Waals surface area contributed by atoms with Crippen LogP contribution < -0.4 is 11.1 Å². The van der Waals surface area contributed by atoms with Crippen molar-refractivity contribution in [3.05, 3.63) is 71.8 Å². The van der Waals surface area contributed by atoms with E-state index in [1.807, 2.05) is 30.3 Å². The molecule has 0 heterocycles. The van der Waals surface area contributed by atoms with Gasteiger partial charge < -0.3 is 5.73 Å². The number of rotatable bonds is 7. The number of sulfone groups is 1. The van der Waals surface area contributed by atoms with Crippen LogP contribution in [0, 0.1) is 0 Å². The summed E-state index contributed by atoms with van der Waals surface area (Å²) in [7, 11) is -3.46. The topological polar surface area (TPSA) is 89.3 Å². The van der Waals surface area contributed by atoms with Crippen molar-refractivity contribution in [3.63, 3.8) is 0 Å². The van der Waals surface area contributed by atoms with Gasteiger partial charge in [0, 0.05) is 6.26 Å². The smallest absolute Gasteiger partial charge is 0.234 e. The third-order valence-corrected chi connectivity index (χ3v) is 4.77. The normalized spacial score (nSPS) is 14.1. The van der Waals surface area contributed by atoms with Crippen molar-refractivity contribution in [2.75, 3.05) is 6.26 Å². The van der Waals surface area contributed by atoms with E-state index in [-0.39, 0.29) is 0 Å². The molecule has 1 unspecified atom stereocenters. The Balaban J connectivity index is 2.27. The summed E-state index contributed by atoms with van der Waals surface area (Å²) in [6, 6.07) is 17.3. The average Bonchev–Trinajstić information content (AvgIpc) is 2.51. The summed E-state index contributed by atoms with van der Waals surface area (Å²) in [6.07, 6.45) is 1.47. The summed E-state index contributed by atoms with van der Waals surface area (Å²) in [5, 5.41) is 1.91. The highest BCUT2D eigenvalue weighted by Gasteiger charge is 2.28. The molecule has 5 nitrogen and oxygen atoms in total. The minimum Gasteiger partial charge on any atom is -0.368 e. The first-order valence-corrected chi connectivity index (χ1v) is 9.16. The van der Waals surface area contributed by atoms with Crippen LogP contribution in [0.2, 0.25) is 0 Å². The van der Waals surface area contributed by atoms with Gasteiger partial charge in [-0.2, -0.15) is 0 Å². The number of hydrogen-bond acceptors (Lipinski definition) is 4. The van der Waals surface area contributed by atoms with Crippen LogP contribution >= 0.6 is 0 Å². The van der Waals surface area contributed by atoms with Crippen molar-refractivity contribution in [1.82, 2.24) is 5.32 Å². The highest BCUT2D eigenvalue weighted by Crippen LogP contribution is 2.20. The minimum atomic E-state index is -3.46. The Bertz CT molecular complexity index is 746. The fourth-order valence-corrected chi connectivity index (χ4v) is 3.43. The van der Waals surface area contributed by atoms with Gasteiger partial charge >= 0.3 is 0 Å². The van der Waals surface area contributed by atoms with Gasteiger partial charge in [-0.15, -0.1) is 0 Å². The van der Waals surface area contributed by atoms with Crippen molar-refractivity contribution in [1.29, 1.82) is 0 Å². The Labute approximate surface area is 136 Å². The molecule has 2 rings (SSSR count).